The minimum Gasteiger partial charge on any atom is -0.483 e. The Labute approximate surface area is 253 Å². The Morgan fingerprint density at radius 2 is 1.82 bits per heavy atom. The summed E-state index contributed by atoms with van der Waals surface area (Å²) < 4.78 is 63.0. The standard InChI is InChI=1S/C31H31F2N5O5S/c1-18-16-38(17-19(2)42-18)29-5-3-4-23(37-29)24-8-6-21-14-34-22(13-25(21)36-24)15-35-31(39)20-7-9-26-28(12-20)44(40,41)11-10-27(43-26)30(32)33/h3-9,12-14,18-19,27,30H,10-11,15-17H2,1-2H3,(H,35,39)/t18-,19+,27-/m0/s1. The molecule has 0 radical (unpaired) electrons. The number of carbonyl (C=O) groups excluding carboxylic acids is 1. The number of nitrogens with one attached hydrogen (secondary N) is 1. The van der Waals surface area contributed by atoms with Gasteiger partial charge in [0, 0.05) is 36.7 Å². The highest BCUT2D eigenvalue weighted by molar-refractivity contribution is 7.91. The second-order valence-electron chi connectivity index (χ2n) is 11.1. The molecule has 4 aromatic rings. The van der Waals surface area contributed by atoms with Crippen LogP contribution in [0.1, 0.15) is 36.3 Å². The fourth-order valence-electron chi connectivity index (χ4n) is 5.45. The smallest absolute Gasteiger partial charge is 0.274 e. The van der Waals surface area contributed by atoms with Gasteiger partial charge in [0.1, 0.15) is 16.5 Å². The van der Waals surface area contributed by atoms with Crippen LogP contribution in [0.3, 0.4) is 0 Å². The molecule has 13 heteroatoms. The first-order valence-electron chi connectivity index (χ1n) is 14.3. The highest BCUT2D eigenvalue weighted by Gasteiger charge is 2.33. The van der Waals surface area contributed by atoms with Crippen LogP contribution >= 0.6 is 0 Å². The van der Waals surface area contributed by atoms with Crippen molar-refractivity contribution in [3.05, 3.63) is 72.1 Å². The Morgan fingerprint density at radius 3 is 2.59 bits per heavy atom. The quantitative estimate of drug-likeness (QED) is 0.332. The number of morpholine rings is 1. The number of hydrogen-bond donors (Lipinski definition) is 1. The molecule has 1 fully saturated rings. The number of aromatic nitrogens is 3. The molecule has 10 nitrogen and oxygen atoms in total. The molecular formula is C31H31F2N5O5S. The van der Waals surface area contributed by atoms with Gasteiger partial charge in [-0.3, -0.25) is 9.78 Å². The first-order chi connectivity index (χ1) is 21.1. The van der Waals surface area contributed by atoms with Crippen LogP contribution in [-0.4, -0.2) is 72.9 Å². The number of rotatable bonds is 6. The zero-order valence-corrected chi connectivity index (χ0v) is 24.9. The lowest BCUT2D eigenvalue weighted by Crippen LogP contribution is -2.45. The van der Waals surface area contributed by atoms with Gasteiger partial charge in [-0.1, -0.05) is 6.07 Å². The molecule has 44 heavy (non-hydrogen) atoms. The fraction of sp³-hybridized carbons (Fsp3) is 0.355. The van der Waals surface area contributed by atoms with Crippen molar-refractivity contribution in [3.63, 3.8) is 0 Å². The molecule has 0 unspecified atom stereocenters. The lowest BCUT2D eigenvalue weighted by Gasteiger charge is -2.36. The molecule has 0 aliphatic carbocycles. The Hall–Kier alpha value is -4.23. The molecule has 1 amide bonds. The summed E-state index contributed by atoms with van der Waals surface area (Å²) in [5.41, 5.74) is 2.69. The van der Waals surface area contributed by atoms with E-state index < -0.39 is 34.0 Å². The van der Waals surface area contributed by atoms with Crippen LogP contribution in [0.2, 0.25) is 0 Å². The topological polar surface area (TPSA) is 124 Å². The molecule has 0 bridgehead atoms. The molecule has 2 aliphatic rings. The summed E-state index contributed by atoms with van der Waals surface area (Å²) in [4.78, 5) is 29.0. The fourth-order valence-corrected chi connectivity index (χ4v) is 6.94. The van der Waals surface area contributed by atoms with E-state index >= 15 is 0 Å². The van der Waals surface area contributed by atoms with Crippen molar-refractivity contribution in [1.82, 2.24) is 20.3 Å². The van der Waals surface area contributed by atoms with Crippen molar-refractivity contribution >= 4 is 32.5 Å². The Kier molecular flexibility index (Phi) is 8.16. The van der Waals surface area contributed by atoms with Crippen LogP contribution < -0.4 is 15.0 Å². The van der Waals surface area contributed by atoms with Gasteiger partial charge in [-0.25, -0.2) is 27.2 Å². The molecule has 6 rings (SSSR count). The first kappa shape index (κ1) is 29.8. The number of fused-ring (bicyclic) bond motifs is 2. The molecule has 5 heterocycles. The first-order valence-corrected chi connectivity index (χ1v) is 15.9. The van der Waals surface area contributed by atoms with Gasteiger partial charge >= 0.3 is 0 Å². The monoisotopic (exact) mass is 623 g/mol. The summed E-state index contributed by atoms with van der Waals surface area (Å²) >= 11 is 0. The predicted molar refractivity (Wildman–Crippen MR) is 160 cm³/mol. The van der Waals surface area contributed by atoms with Gasteiger partial charge in [0.2, 0.25) is 0 Å². The van der Waals surface area contributed by atoms with Gasteiger partial charge in [-0.05, 0) is 62.4 Å². The number of anilines is 1. The van der Waals surface area contributed by atoms with Crippen molar-refractivity contribution in [2.45, 2.75) is 56.4 Å². The Morgan fingerprint density at radius 1 is 1.05 bits per heavy atom. The van der Waals surface area contributed by atoms with E-state index in [0.29, 0.717) is 16.9 Å². The maximum atomic E-state index is 13.2. The van der Waals surface area contributed by atoms with E-state index in [1.165, 1.54) is 12.1 Å². The highest BCUT2D eigenvalue weighted by Crippen LogP contribution is 2.33. The number of hydrogen-bond acceptors (Lipinski definition) is 9. The molecular weight excluding hydrogens is 592 g/mol. The molecule has 1 aromatic carbocycles. The average molecular weight is 624 g/mol. The highest BCUT2D eigenvalue weighted by atomic mass is 32.2. The van der Waals surface area contributed by atoms with E-state index in [9.17, 15) is 22.0 Å². The molecule has 3 aromatic heterocycles. The van der Waals surface area contributed by atoms with Crippen LogP contribution in [0.4, 0.5) is 14.6 Å². The Bertz CT molecular complexity index is 1810. The second-order valence-corrected chi connectivity index (χ2v) is 13.1. The number of ether oxygens (including phenoxy) is 2. The summed E-state index contributed by atoms with van der Waals surface area (Å²) in [6.07, 6.45) is -2.82. The molecule has 230 valence electrons. The average Bonchev–Trinajstić information content (AvgIpc) is 3.14. The molecule has 3 atom stereocenters. The summed E-state index contributed by atoms with van der Waals surface area (Å²) in [6, 6.07) is 15.2. The van der Waals surface area contributed by atoms with Crippen LogP contribution in [0, 0.1) is 0 Å². The normalized spacial score (nSPS) is 21.4. The lowest BCUT2D eigenvalue weighted by molar-refractivity contribution is -0.00545. The maximum absolute atomic E-state index is 13.2. The number of nitrogens with zero attached hydrogens (tertiary/aromatic N) is 4. The van der Waals surface area contributed by atoms with Gasteiger partial charge in [0.05, 0.1) is 47.1 Å². The number of carbonyl (C=O) groups is 1. The van der Waals surface area contributed by atoms with E-state index in [1.807, 2.05) is 44.2 Å². The van der Waals surface area contributed by atoms with Crippen molar-refractivity contribution in [1.29, 1.82) is 0 Å². The number of sulfone groups is 1. The van der Waals surface area contributed by atoms with Gasteiger partial charge in [0.15, 0.2) is 15.9 Å². The number of benzene rings is 1. The maximum Gasteiger partial charge on any atom is 0.274 e. The third kappa shape index (κ3) is 6.34. The van der Waals surface area contributed by atoms with Crippen molar-refractivity contribution in [2.75, 3.05) is 23.7 Å². The van der Waals surface area contributed by atoms with Gasteiger partial charge < -0.3 is 19.7 Å². The Balaban J connectivity index is 1.18. The largest absolute Gasteiger partial charge is 0.483 e. The second kappa shape index (κ2) is 12.0. The van der Waals surface area contributed by atoms with Crippen LogP contribution in [0.25, 0.3) is 22.3 Å². The number of halogens is 2. The SMILES string of the molecule is C[C@@H]1CN(c2cccc(-c3ccc4cnc(CNC(=O)c5ccc6c(c5)S(=O)(=O)CC[C@@H](C(F)F)O6)cc4n3)n2)C[C@H](C)O1. The third-order valence-corrected chi connectivity index (χ3v) is 9.33. The molecule has 1 saturated heterocycles. The van der Waals surface area contributed by atoms with Crippen molar-refractivity contribution in [2.24, 2.45) is 0 Å². The van der Waals surface area contributed by atoms with Gasteiger partial charge in [-0.15, -0.1) is 0 Å². The van der Waals surface area contributed by atoms with E-state index in [0.717, 1.165) is 36.1 Å². The summed E-state index contributed by atoms with van der Waals surface area (Å²) in [6.45, 7) is 5.65. The number of amides is 1. The minimum absolute atomic E-state index is 0.0512. The molecule has 2 aliphatic heterocycles. The van der Waals surface area contributed by atoms with Crippen molar-refractivity contribution in [3.8, 4) is 17.1 Å². The zero-order chi connectivity index (χ0) is 31.0. The van der Waals surface area contributed by atoms with E-state index in [2.05, 4.69) is 15.2 Å². The van der Waals surface area contributed by atoms with Crippen LogP contribution in [-0.2, 0) is 21.1 Å². The van der Waals surface area contributed by atoms with E-state index in [4.69, 9.17) is 19.4 Å². The van der Waals surface area contributed by atoms with Gasteiger partial charge in [-0.2, -0.15) is 0 Å². The lowest BCUT2D eigenvalue weighted by atomic mass is 10.1. The number of pyridine rings is 3. The zero-order valence-electron chi connectivity index (χ0n) is 24.1. The summed E-state index contributed by atoms with van der Waals surface area (Å²) in [7, 11) is -3.91. The minimum atomic E-state index is -3.91. The van der Waals surface area contributed by atoms with Crippen molar-refractivity contribution < 1.29 is 31.5 Å². The predicted octanol–water partition coefficient (Wildman–Crippen LogP) is 4.43. The third-order valence-electron chi connectivity index (χ3n) is 7.57. The van der Waals surface area contributed by atoms with Crippen LogP contribution in [0.15, 0.2) is 65.7 Å². The van der Waals surface area contributed by atoms with E-state index in [1.54, 1.807) is 12.3 Å². The summed E-state index contributed by atoms with van der Waals surface area (Å²) in [5.74, 6) is -0.373. The van der Waals surface area contributed by atoms with Crippen LogP contribution in [0.5, 0.6) is 5.75 Å². The summed E-state index contributed by atoms with van der Waals surface area (Å²) in [5, 5.41) is 3.55. The molecule has 1 N–H and O–H groups in total. The molecule has 0 spiro atoms. The van der Waals surface area contributed by atoms with Gasteiger partial charge in [0.25, 0.3) is 12.3 Å². The molecule has 0 saturated carbocycles. The van der Waals surface area contributed by atoms with E-state index in [-0.39, 0.29) is 41.4 Å². The number of alkyl halides is 2.